The second-order valence-electron chi connectivity index (χ2n) is 6.59. The summed E-state index contributed by atoms with van der Waals surface area (Å²) in [6.07, 6.45) is 0.730. The van der Waals surface area contributed by atoms with Crippen LogP contribution in [0.1, 0.15) is 24.0 Å². The van der Waals surface area contributed by atoms with Crippen LogP contribution in [0.4, 0.5) is 0 Å². The Kier molecular flexibility index (Phi) is 7.46. The highest BCUT2D eigenvalue weighted by Crippen LogP contribution is 2.19. The molecular formula is C18H28N4O4S. The van der Waals surface area contributed by atoms with Crippen LogP contribution in [0.3, 0.4) is 0 Å². The zero-order valence-corrected chi connectivity index (χ0v) is 16.9. The fourth-order valence-electron chi connectivity index (χ4n) is 2.90. The lowest BCUT2D eigenvalue weighted by Gasteiger charge is -2.15. The normalized spacial score (nSPS) is 18.8. The summed E-state index contributed by atoms with van der Waals surface area (Å²) in [4.78, 5) is 16.1. The maximum Gasteiger partial charge on any atom is 0.222 e. The number of methoxy groups -OCH3 is 1. The number of amides is 1. The largest absolute Gasteiger partial charge is 0.496 e. The molecule has 9 heteroatoms. The molecule has 27 heavy (non-hydrogen) atoms. The summed E-state index contributed by atoms with van der Waals surface area (Å²) in [6, 6.07) is 5.72. The van der Waals surface area contributed by atoms with Gasteiger partial charge in [0.25, 0.3) is 0 Å². The van der Waals surface area contributed by atoms with Gasteiger partial charge in [-0.05, 0) is 25.0 Å². The number of rotatable bonds is 7. The summed E-state index contributed by atoms with van der Waals surface area (Å²) in [5.41, 5.74) is 2.13. The number of aliphatic imine (C=N–C) groups is 1. The van der Waals surface area contributed by atoms with Gasteiger partial charge in [-0.3, -0.25) is 9.79 Å². The number of carbonyl (C=O) groups is 1. The van der Waals surface area contributed by atoms with Crippen molar-refractivity contribution < 1.29 is 17.9 Å². The fraction of sp³-hybridized carbons (Fsp3) is 0.556. The van der Waals surface area contributed by atoms with Crippen LogP contribution in [0.5, 0.6) is 5.75 Å². The molecule has 0 radical (unpaired) electrons. The van der Waals surface area contributed by atoms with E-state index in [-0.39, 0.29) is 29.9 Å². The van der Waals surface area contributed by atoms with Crippen molar-refractivity contribution in [2.45, 2.75) is 32.4 Å². The Balaban J connectivity index is 1.73. The van der Waals surface area contributed by atoms with Crippen LogP contribution in [0.25, 0.3) is 0 Å². The molecule has 0 bridgehead atoms. The van der Waals surface area contributed by atoms with Gasteiger partial charge in [0, 0.05) is 38.2 Å². The zero-order chi connectivity index (χ0) is 19.9. The maximum absolute atomic E-state index is 12.0. The van der Waals surface area contributed by atoms with Gasteiger partial charge in [-0.2, -0.15) is 0 Å². The van der Waals surface area contributed by atoms with Crippen LogP contribution in [0.2, 0.25) is 0 Å². The maximum atomic E-state index is 12.0. The van der Waals surface area contributed by atoms with Crippen LogP contribution in [0.15, 0.2) is 23.2 Å². The molecule has 8 nitrogen and oxygen atoms in total. The third-order valence-corrected chi connectivity index (χ3v) is 6.12. The minimum absolute atomic E-state index is 0.0355. The average Bonchev–Trinajstić information content (AvgIpc) is 2.96. The van der Waals surface area contributed by atoms with Gasteiger partial charge in [-0.25, -0.2) is 8.42 Å². The topological polar surface area (TPSA) is 109 Å². The summed E-state index contributed by atoms with van der Waals surface area (Å²) in [5, 5.41) is 9.03. The molecule has 0 saturated carbocycles. The minimum Gasteiger partial charge on any atom is -0.496 e. The van der Waals surface area contributed by atoms with Crippen LogP contribution in [-0.4, -0.2) is 58.5 Å². The number of hydrogen-bond acceptors (Lipinski definition) is 5. The molecule has 1 saturated heterocycles. The molecule has 1 fully saturated rings. The first-order chi connectivity index (χ1) is 12.8. The Morgan fingerprint density at radius 1 is 1.33 bits per heavy atom. The van der Waals surface area contributed by atoms with Gasteiger partial charge in [0.05, 0.1) is 18.6 Å². The Morgan fingerprint density at radius 2 is 2.11 bits per heavy atom. The molecule has 1 aliphatic rings. The van der Waals surface area contributed by atoms with Crippen molar-refractivity contribution in [1.29, 1.82) is 0 Å². The summed E-state index contributed by atoms with van der Waals surface area (Å²) in [7, 11) is 0.305. The number of benzene rings is 1. The van der Waals surface area contributed by atoms with Gasteiger partial charge >= 0.3 is 0 Å². The Hall–Kier alpha value is -2.29. The summed E-state index contributed by atoms with van der Waals surface area (Å²) < 4.78 is 28.2. The molecule has 3 N–H and O–H groups in total. The van der Waals surface area contributed by atoms with Crippen molar-refractivity contribution in [3.63, 3.8) is 0 Å². The lowest BCUT2D eigenvalue weighted by atomic mass is 10.1. The molecular weight excluding hydrogens is 368 g/mol. The number of sulfone groups is 1. The van der Waals surface area contributed by atoms with E-state index in [4.69, 9.17) is 4.74 Å². The highest BCUT2D eigenvalue weighted by Gasteiger charge is 2.28. The highest BCUT2D eigenvalue weighted by atomic mass is 32.2. The van der Waals surface area contributed by atoms with Crippen molar-refractivity contribution in [3.8, 4) is 5.75 Å². The Morgan fingerprint density at radius 3 is 2.74 bits per heavy atom. The van der Waals surface area contributed by atoms with E-state index in [1.165, 1.54) is 0 Å². The number of hydrogen-bond donors (Lipinski definition) is 3. The lowest BCUT2D eigenvalue weighted by Crippen LogP contribution is -2.41. The standard InChI is InChI=1S/C18H28N4O4S/c1-13-4-5-14(16(10-13)26-3)11-21-18(19-2)20-8-6-17(23)22-15-7-9-27(24,25)12-15/h4-5,10,15H,6-9,11-12H2,1-3H3,(H,22,23)(H2,19,20,21). The first kappa shape index (κ1) is 21.0. The van der Waals surface area contributed by atoms with Crippen LogP contribution >= 0.6 is 0 Å². The monoisotopic (exact) mass is 396 g/mol. The molecule has 0 aromatic heterocycles. The highest BCUT2D eigenvalue weighted by molar-refractivity contribution is 7.91. The Bertz CT molecular complexity index is 793. The van der Waals surface area contributed by atoms with Crippen LogP contribution in [-0.2, 0) is 21.2 Å². The molecule has 0 aliphatic carbocycles. The first-order valence-corrected chi connectivity index (χ1v) is 10.7. The molecule has 2 rings (SSSR count). The van der Waals surface area contributed by atoms with Gasteiger partial charge < -0.3 is 20.7 Å². The van der Waals surface area contributed by atoms with Crippen LogP contribution in [0, 0.1) is 6.92 Å². The smallest absolute Gasteiger partial charge is 0.222 e. The molecule has 150 valence electrons. The molecule has 1 heterocycles. The van der Waals surface area contributed by atoms with Gasteiger partial charge in [0.1, 0.15) is 5.75 Å². The first-order valence-electron chi connectivity index (χ1n) is 8.91. The molecule has 1 aliphatic heterocycles. The van der Waals surface area contributed by atoms with E-state index >= 15 is 0 Å². The van der Waals surface area contributed by atoms with E-state index in [1.54, 1.807) is 14.2 Å². The van der Waals surface area contributed by atoms with Gasteiger partial charge in [0.2, 0.25) is 5.91 Å². The molecule has 1 aromatic carbocycles. The van der Waals surface area contributed by atoms with E-state index in [0.29, 0.717) is 25.5 Å². The van der Waals surface area contributed by atoms with E-state index in [0.717, 1.165) is 16.9 Å². The third-order valence-electron chi connectivity index (χ3n) is 4.35. The summed E-state index contributed by atoms with van der Waals surface area (Å²) >= 11 is 0. The summed E-state index contributed by atoms with van der Waals surface area (Å²) in [5.74, 6) is 1.40. The van der Waals surface area contributed by atoms with Crippen molar-refractivity contribution in [2.75, 3.05) is 32.2 Å². The number of nitrogens with zero attached hydrogens (tertiary/aromatic N) is 1. The van der Waals surface area contributed by atoms with Crippen molar-refractivity contribution in [2.24, 2.45) is 4.99 Å². The van der Waals surface area contributed by atoms with Crippen molar-refractivity contribution in [1.82, 2.24) is 16.0 Å². The number of aryl methyl sites for hydroxylation is 1. The predicted molar refractivity (Wildman–Crippen MR) is 106 cm³/mol. The number of guanidine groups is 1. The number of carbonyl (C=O) groups excluding carboxylic acids is 1. The van der Waals surface area contributed by atoms with E-state index in [9.17, 15) is 13.2 Å². The van der Waals surface area contributed by atoms with Crippen molar-refractivity contribution in [3.05, 3.63) is 29.3 Å². The molecule has 1 aromatic rings. The average molecular weight is 397 g/mol. The van der Waals surface area contributed by atoms with Gasteiger partial charge in [-0.1, -0.05) is 12.1 Å². The number of ether oxygens (including phenoxy) is 1. The third kappa shape index (κ3) is 6.74. The zero-order valence-electron chi connectivity index (χ0n) is 16.0. The molecule has 0 spiro atoms. The van der Waals surface area contributed by atoms with Crippen molar-refractivity contribution >= 4 is 21.7 Å². The predicted octanol–water partition coefficient (Wildman–Crippen LogP) is 0.362. The number of nitrogens with one attached hydrogen (secondary N) is 3. The molecule has 1 amide bonds. The lowest BCUT2D eigenvalue weighted by molar-refractivity contribution is -0.121. The minimum atomic E-state index is -2.99. The Labute approximate surface area is 160 Å². The summed E-state index contributed by atoms with van der Waals surface area (Å²) in [6.45, 7) is 2.94. The van der Waals surface area contributed by atoms with Gasteiger partial charge in [-0.15, -0.1) is 0 Å². The van der Waals surface area contributed by atoms with E-state index in [1.807, 2.05) is 25.1 Å². The second-order valence-corrected chi connectivity index (χ2v) is 8.81. The molecule has 1 unspecified atom stereocenters. The van der Waals surface area contributed by atoms with Gasteiger partial charge in [0.15, 0.2) is 15.8 Å². The SMILES string of the molecule is CN=C(NCCC(=O)NC1CCS(=O)(=O)C1)NCc1ccc(C)cc1OC. The van der Waals surface area contributed by atoms with Crippen LogP contribution < -0.4 is 20.7 Å². The van der Waals surface area contributed by atoms with E-state index < -0.39 is 9.84 Å². The molecule has 1 atom stereocenters. The second kappa shape index (κ2) is 9.59. The van der Waals surface area contributed by atoms with E-state index in [2.05, 4.69) is 20.9 Å². The fourth-order valence-corrected chi connectivity index (χ4v) is 4.57. The quantitative estimate of drug-likeness (QED) is 0.454.